The summed E-state index contributed by atoms with van der Waals surface area (Å²) in [7, 11) is 3.15. The van der Waals surface area contributed by atoms with E-state index in [-0.39, 0.29) is 11.9 Å². The van der Waals surface area contributed by atoms with Crippen molar-refractivity contribution < 1.29 is 28.5 Å². The van der Waals surface area contributed by atoms with Crippen molar-refractivity contribution in [3.05, 3.63) is 118 Å². The average molecular weight is 771 g/mol. The molecule has 4 heterocycles. The number of fused-ring (bicyclic) bond motifs is 2. The van der Waals surface area contributed by atoms with E-state index in [0.29, 0.717) is 59.0 Å². The van der Waals surface area contributed by atoms with Gasteiger partial charge in [0.15, 0.2) is 0 Å². The second-order valence-corrected chi connectivity index (χ2v) is 11.7. The van der Waals surface area contributed by atoms with Crippen LogP contribution in [0.5, 0.6) is 11.5 Å². The molecule has 13 heteroatoms. The van der Waals surface area contributed by atoms with E-state index in [9.17, 15) is 9.59 Å². The number of nitrogens with one attached hydrogen (secondary N) is 1. The fraction of sp³-hybridized carbons (Fsp3) is 0.222. The van der Waals surface area contributed by atoms with Crippen LogP contribution in [0.3, 0.4) is 0 Å². The van der Waals surface area contributed by atoms with Gasteiger partial charge in [0, 0.05) is 32.7 Å². The summed E-state index contributed by atoms with van der Waals surface area (Å²) in [6.45, 7) is 4.71. The third-order valence-electron chi connectivity index (χ3n) is 6.93. The van der Waals surface area contributed by atoms with Crippen molar-refractivity contribution in [2.24, 2.45) is 0 Å². The Balaban J connectivity index is 0.000000185. The summed E-state index contributed by atoms with van der Waals surface area (Å²) < 4.78 is 22.2. The number of carbonyl (C=O) groups excluding carboxylic acids is 2. The number of esters is 2. The van der Waals surface area contributed by atoms with E-state index < -0.39 is 0 Å². The number of alkyl halides is 1. The first-order chi connectivity index (χ1) is 23.7. The van der Waals surface area contributed by atoms with E-state index in [4.69, 9.17) is 42.1 Å². The molecule has 0 bridgehead atoms. The van der Waals surface area contributed by atoms with Crippen LogP contribution in [0.15, 0.2) is 85.2 Å². The lowest BCUT2D eigenvalue weighted by atomic mass is 10.2. The number of rotatable bonds is 9. The Morgan fingerprint density at radius 3 is 1.88 bits per heavy atom. The quantitative estimate of drug-likeness (QED) is 0.115. The van der Waals surface area contributed by atoms with Gasteiger partial charge in [-0.1, -0.05) is 63.4 Å². The summed E-state index contributed by atoms with van der Waals surface area (Å²) in [6, 6.07) is 22.4. The van der Waals surface area contributed by atoms with Crippen molar-refractivity contribution in [1.82, 2.24) is 19.5 Å². The summed E-state index contributed by atoms with van der Waals surface area (Å²) in [5, 5.41) is 4.00. The van der Waals surface area contributed by atoms with Gasteiger partial charge in [0.1, 0.15) is 34.2 Å². The summed E-state index contributed by atoms with van der Waals surface area (Å²) in [5.74, 6) is 0.548. The molecule has 0 aliphatic rings. The molecular weight excluding hydrogens is 735 g/mol. The summed E-state index contributed by atoms with van der Waals surface area (Å²) in [6.07, 6.45) is 3.23. The fourth-order valence-corrected chi connectivity index (χ4v) is 5.17. The Bertz CT molecular complexity index is 2000. The molecule has 0 amide bonds. The van der Waals surface area contributed by atoms with E-state index in [0.717, 1.165) is 26.7 Å². The highest BCUT2D eigenvalue weighted by molar-refractivity contribution is 9.08. The number of hydrogen-bond donors (Lipinski definition) is 1. The molecule has 0 unspecified atom stereocenters. The van der Waals surface area contributed by atoms with Crippen LogP contribution in [0, 0.1) is 0 Å². The Labute approximate surface area is 302 Å². The molecule has 10 nitrogen and oxygen atoms in total. The standard InChI is InChI=1S/C18H17ClN2O3.C11H12N2O3.C7H6BrCl/c1-3-24-18(22)16-9-13-8-15(23-2)10-20-17(13)21(16)11-12-4-6-14(19)7-5-12;1-3-16-11(14)9-5-7-4-8(15-2)6-12-10(7)13-9;8-5-6-1-3-7(9)4-2-6/h4-10H,3,11H2,1-2H3;4-6H,3H2,1-2H3,(H,12,13);1-4H,5H2. The van der Waals surface area contributed by atoms with E-state index in [1.165, 1.54) is 5.56 Å². The number of H-pyrrole nitrogens is 1. The van der Waals surface area contributed by atoms with Gasteiger partial charge in [-0.25, -0.2) is 19.6 Å². The number of carbonyl (C=O) groups is 2. The van der Waals surface area contributed by atoms with Gasteiger partial charge in [-0.2, -0.15) is 0 Å². The van der Waals surface area contributed by atoms with Crippen molar-refractivity contribution in [1.29, 1.82) is 0 Å². The predicted molar refractivity (Wildman–Crippen MR) is 195 cm³/mol. The second-order valence-electron chi connectivity index (χ2n) is 10.2. The third-order valence-corrected chi connectivity index (χ3v) is 8.08. The van der Waals surface area contributed by atoms with Gasteiger partial charge < -0.3 is 28.5 Å². The number of halogens is 3. The van der Waals surface area contributed by atoms with Crippen LogP contribution in [-0.2, 0) is 21.3 Å². The molecule has 0 radical (unpaired) electrons. The lowest BCUT2D eigenvalue weighted by Gasteiger charge is -2.10. The summed E-state index contributed by atoms with van der Waals surface area (Å²) >= 11 is 14.9. The Hall–Kier alpha value is -4.58. The number of methoxy groups -OCH3 is 2. The van der Waals surface area contributed by atoms with E-state index >= 15 is 0 Å². The van der Waals surface area contributed by atoms with Gasteiger partial charge >= 0.3 is 11.9 Å². The minimum absolute atomic E-state index is 0.318. The first-order valence-corrected chi connectivity index (χ1v) is 17.0. The second kappa shape index (κ2) is 18.3. The zero-order valence-corrected chi connectivity index (χ0v) is 30.4. The monoisotopic (exact) mass is 768 g/mol. The van der Waals surface area contributed by atoms with Crippen LogP contribution >= 0.6 is 39.1 Å². The summed E-state index contributed by atoms with van der Waals surface area (Å²) in [5.41, 5.74) is 4.47. The molecule has 256 valence electrons. The van der Waals surface area contributed by atoms with E-state index in [1.54, 1.807) is 52.6 Å². The first kappa shape index (κ1) is 37.2. The van der Waals surface area contributed by atoms with Gasteiger partial charge in [-0.3, -0.25) is 0 Å². The van der Waals surface area contributed by atoms with Gasteiger partial charge in [0.2, 0.25) is 0 Å². The molecule has 0 saturated carbocycles. The van der Waals surface area contributed by atoms with Crippen LogP contribution in [0.1, 0.15) is 46.0 Å². The number of pyridine rings is 2. The normalized spacial score (nSPS) is 10.4. The maximum absolute atomic E-state index is 12.3. The number of aromatic nitrogens is 4. The average Bonchev–Trinajstić information content (AvgIpc) is 3.71. The van der Waals surface area contributed by atoms with Crippen molar-refractivity contribution in [3.63, 3.8) is 0 Å². The predicted octanol–water partition coefficient (Wildman–Crippen LogP) is 8.91. The number of ether oxygens (including phenoxy) is 4. The Morgan fingerprint density at radius 2 is 1.31 bits per heavy atom. The Morgan fingerprint density at radius 1 is 0.755 bits per heavy atom. The molecule has 4 aromatic heterocycles. The number of aromatic amines is 1. The molecule has 0 atom stereocenters. The van der Waals surface area contributed by atoms with Crippen LogP contribution in [0.2, 0.25) is 10.0 Å². The van der Waals surface area contributed by atoms with Crippen LogP contribution in [-0.4, -0.2) is 58.9 Å². The number of hydrogen-bond acceptors (Lipinski definition) is 8. The maximum Gasteiger partial charge on any atom is 0.355 e. The van der Waals surface area contributed by atoms with Crippen molar-refractivity contribution in [3.8, 4) is 11.5 Å². The van der Waals surface area contributed by atoms with Crippen molar-refractivity contribution in [2.45, 2.75) is 25.7 Å². The van der Waals surface area contributed by atoms with Gasteiger partial charge in [-0.15, -0.1) is 0 Å². The van der Waals surface area contributed by atoms with Crippen LogP contribution < -0.4 is 9.47 Å². The zero-order valence-electron chi connectivity index (χ0n) is 27.3. The van der Waals surface area contributed by atoms with E-state index in [1.807, 2.05) is 65.2 Å². The lowest BCUT2D eigenvalue weighted by molar-refractivity contribution is 0.0508. The first-order valence-electron chi connectivity index (χ1n) is 15.1. The van der Waals surface area contributed by atoms with Gasteiger partial charge in [0.05, 0.1) is 39.8 Å². The highest BCUT2D eigenvalue weighted by atomic mass is 79.9. The van der Waals surface area contributed by atoms with Crippen molar-refractivity contribution >= 4 is 73.1 Å². The molecule has 0 spiro atoms. The molecule has 49 heavy (non-hydrogen) atoms. The SMILES string of the molecule is CCOC(=O)c1cc2cc(OC)cnc2[nH]1.CCOC(=O)c1cc2cc(OC)cnc2n1Cc1ccc(Cl)cc1.Clc1ccc(CBr)cc1. The van der Waals surface area contributed by atoms with Gasteiger partial charge in [-0.05, 0) is 73.5 Å². The lowest BCUT2D eigenvalue weighted by Crippen LogP contribution is -2.13. The molecule has 1 N–H and O–H groups in total. The zero-order chi connectivity index (χ0) is 35.3. The Kier molecular flexibility index (Phi) is 13.9. The topological polar surface area (TPSA) is 118 Å². The highest BCUT2D eigenvalue weighted by Gasteiger charge is 2.18. The molecule has 0 fully saturated rings. The maximum atomic E-state index is 12.3. The minimum atomic E-state index is -0.375. The van der Waals surface area contributed by atoms with Crippen molar-refractivity contribution in [2.75, 3.05) is 27.4 Å². The third kappa shape index (κ3) is 10.2. The fourth-order valence-electron chi connectivity index (χ4n) is 4.54. The highest BCUT2D eigenvalue weighted by Crippen LogP contribution is 2.25. The summed E-state index contributed by atoms with van der Waals surface area (Å²) in [4.78, 5) is 35.2. The number of benzene rings is 2. The molecule has 0 aliphatic heterocycles. The molecule has 2 aromatic carbocycles. The van der Waals surface area contributed by atoms with Crippen LogP contribution in [0.25, 0.3) is 22.1 Å². The molecular formula is C36H35BrCl2N4O6. The van der Waals surface area contributed by atoms with Crippen LogP contribution in [0.4, 0.5) is 0 Å². The number of nitrogens with zero attached hydrogens (tertiary/aromatic N) is 3. The molecule has 0 saturated heterocycles. The minimum Gasteiger partial charge on any atom is -0.495 e. The molecule has 0 aliphatic carbocycles. The van der Waals surface area contributed by atoms with E-state index in [2.05, 4.69) is 30.9 Å². The largest absolute Gasteiger partial charge is 0.495 e. The van der Waals surface area contributed by atoms with Gasteiger partial charge in [0.25, 0.3) is 0 Å². The molecule has 6 aromatic rings. The molecule has 6 rings (SSSR count). The smallest absolute Gasteiger partial charge is 0.355 e.